The molecule has 1 fully saturated rings. The highest BCUT2D eigenvalue weighted by Crippen LogP contribution is 2.27. The van der Waals surface area contributed by atoms with E-state index in [2.05, 4.69) is 5.32 Å². The fourth-order valence-corrected chi connectivity index (χ4v) is 2.63. The van der Waals surface area contributed by atoms with Gasteiger partial charge in [-0.05, 0) is 24.5 Å². The summed E-state index contributed by atoms with van der Waals surface area (Å²) in [6, 6.07) is 7.36. The molecular weight excluding hydrogens is 244 g/mol. The van der Waals surface area contributed by atoms with Gasteiger partial charge in [0.25, 0.3) is 5.91 Å². The van der Waals surface area contributed by atoms with Crippen LogP contribution in [0.4, 0.5) is 5.69 Å². The predicted molar refractivity (Wildman–Crippen MR) is 69.9 cm³/mol. The molecule has 0 spiro atoms. The molecule has 19 heavy (non-hydrogen) atoms. The van der Waals surface area contributed by atoms with Gasteiger partial charge in [-0.25, -0.2) is 0 Å². The van der Waals surface area contributed by atoms with Crippen LogP contribution in [0, 0.1) is 0 Å². The second kappa shape index (κ2) is 5.01. The number of fused-ring (bicyclic) bond motifs is 1. The quantitative estimate of drug-likeness (QED) is 0.799. The third-order valence-corrected chi connectivity index (χ3v) is 3.53. The van der Waals surface area contributed by atoms with E-state index >= 15 is 0 Å². The summed E-state index contributed by atoms with van der Waals surface area (Å²) in [6.07, 6.45) is 1.94. The molecule has 100 valence electrons. The summed E-state index contributed by atoms with van der Waals surface area (Å²) in [5.41, 5.74) is 2.14. The Morgan fingerprint density at radius 1 is 1.37 bits per heavy atom. The minimum Gasteiger partial charge on any atom is -0.369 e. The number of carbonyl (C=O) groups is 2. The molecule has 0 radical (unpaired) electrons. The highest BCUT2D eigenvalue weighted by molar-refractivity contribution is 6.00. The van der Waals surface area contributed by atoms with E-state index < -0.39 is 6.04 Å². The number of hydrogen-bond donors (Lipinski definition) is 1. The SMILES string of the molecule is O=C1COCC(C(=O)N2CCCc3ccccc32)N1. The van der Waals surface area contributed by atoms with Crippen LogP contribution in [0.1, 0.15) is 12.0 Å². The van der Waals surface area contributed by atoms with Gasteiger partial charge in [-0.1, -0.05) is 18.2 Å². The maximum Gasteiger partial charge on any atom is 0.251 e. The number of amides is 2. The Morgan fingerprint density at radius 3 is 3.05 bits per heavy atom. The first-order chi connectivity index (χ1) is 9.25. The molecule has 1 saturated heterocycles. The maximum atomic E-state index is 12.5. The number of anilines is 1. The van der Waals surface area contributed by atoms with Gasteiger partial charge in [0.15, 0.2) is 0 Å². The lowest BCUT2D eigenvalue weighted by molar-refractivity contribution is -0.137. The first kappa shape index (κ1) is 12.2. The fraction of sp³-hybridized carbons (Fsp3) is 0.429. The molecule has 2 aliphatic rings. The van der Waals surface area contributed by atoms with Crippen LogP contribution in [-0.2, 0) is 20.7 Å². The summed E-state index contributed by atoms with van der Waals surface area (Å²) >= 11 is 0. The Hall–Kier alpha value is -1.88. The molecular formula is C14H16N2O3. The third-order valence-electron chi connectivity index (χ3n) is 3.53. The van der Waals surface area contributed by atoms with Crippen LogP contribution < -0.4 is 10.2 Å². The second-order valence-electron chi connectivity index (χ2n) is 4.86. The zero-order valence-electron chi connectivity index (χ0n) is 10.6. The molecule has 0 aromatic heterocycles. The molecule has 5 heteroatoms. The maximum absolute atomic E-state index is 12.5. The molecule has 5 nitrogen and oxygen atoms in total. The second-order valence-corrected chi connectivity index (χ2v) is 4.86. The number of nitrogens with zero attached hydrogens (tertiary/aromatic N) is 1. The van der Waals surface area contributed by atoms with Crippen LogP contribution >= 0.6 is 0 Å². The van der Waals surface area contributed by atoms with Crippen LogP contribution in [0.2, 0.25) is 0 Å². The molecule has 1 aromatic rings. The van der Waals surface area contributed by atoms with Gasteiger partial charge in [0.05, 0.1) is 6.61 Å². The molecule has 0 saturated carbocycles. The normalized spacial score (nSPS) is 22.6. The van der Waals surface area contributed by atoms with Gasteiger partial charge in [0.2, 0.25) is 5.91 Å². The standard InChI is InChI=1S/C14H16N2O3/c17-13-9-19-8-11(15-13)14(18)16-7-3-5-10-4-1-2-6-12(10)16/h1-2,4,6,11H,3,5,7-9H2,(H,15,17). The lowest BCUT2D eigenvalue weighted by atomic mass is 10.0. The van der Waals surface area contributed by atoms with E-state index in [0.29, 0.717) is 6.54 Å². The fourth-order valence-electron chi connectivity index (χ4n) is 2.63. The molecule has 0 bridgehead atoms. The zero-order chi connectivity index (χ0) is 13.2. The number of nitrogens with one attached hydrogen (secondary N) is 1. The van der Waals surface area contributed by atoms with E-state index in [1.165, 1.54) is 5.56 Å². The van der Waals surface area contributed by atoms with Crippen molar-refractivity contribution in [2.45, 2.75) is 18.9 Å². The Labute approximate surface area is 111 Å². The Kier molecular flexibility index (Phi) is 3.21. The van der Waals surface area contributed by atoms with E-state index in [9.17, 15) is 9.59 Å². The topological polar surface area (TPSA) is 58.6 Å². The number of benzene rings is 1. The minimum absolute atomic E-state index is 0.0420. The summed E-state index contributed by atoms with van der Waals surface area (Å²) < 4.78 is 5.13. The monoisotopic (exact) mass is 260 g/mol. The van der Waals surface area contributed by atoms with Crippen LogP contribution in [0.15, 0.2) is 24.3 Å². The van der Waals surface area contributed by atoms with E-state index in [1.807, 2.05) is 24.3 Å². The van der Waals surface area contributed by atoms with Crippen molar-refractivity contribution in [2.24, 2.45) is 0 Å². The first-order valence-corrected chi connectivity index (χ1v) is 6.52. The Balaban J connectivity index is 1.83. The average Bonchev–Trinajstić information content (AvgIpc) is 2.46. The molecule has 0 aliphatic carbocycles. The Bertz CT molecular complexity index is 515. The minimum atomic E-state index is -0.563. The first-order valence-electron chi connectivity index (χ1n) is 6.52. The molecule has 2 heterocycles. The highest BCUT2D eigenvalue weighted by Gasteiger charge is 2.31. The van der Waals surface area contributed by atoms with Crippen molar-refractivity contribution in [1.29, 1.82) is 0 Å². The van der Waals surface area contributed by atoms with E-state index in [4.69, 9.17) is 4.74 Å². The van der Waals surface area contributed by atoms with E-state index in [-0.39, 0.29) is 25.0 Å². The lowest BCUT2D eigenvalue weighted by Gasteiger charge is -2.33. The molecule has 2 amide bonds. The van der Waals surface area contributed by atoms with E-state index in [0.717, 1.165) is 18.5 Å². The summed E-state index contributed by atoms with van der Waals surface area (Å²) in [5, 5.41) is 2.69. The van der Waals surface area contributed by atoms with Gasteiger partial charge < -0.3 is 15.0 Å². The van der Waals surface area contributed by atoms with Crippen molar-refractivity contribution in [2.75, 3.05) is 24.7 Å². The number of carbonyl (C=O) groups excluding carboxylic acids is 2. The van der Waals surface area contributed by atoms with Crippen molar-refractivity contribution in [3.63, 3.8) is 0 Å². The molecule has 3 rings (SSSR count). The molecule has 1 unspecified atom stereocenters. The van der Waals surface area contributed by atoms with Gasteiger partial charge in [-0.3, -0.25) is 9.59 Å². The van der Waals surface area contributed by atoms with Crippen LogP contribution in [0.5, 0.6) is 0 Å². The van der Waals surface area contributed by atoms with Crippen LogP contribution in [0.3, 0.4) is 0 Å². The predicted octanol–water partition coefficient (Wildman–Crippen LogP) is 0.481. The van der Waals surface area contributed by atoms with Crippen molar-refractivity contribution < 1.29 is 14.3 Å². The highest BCUT2D eigenvalue weighted by atomic mass is 16.5. The van der Waals surface area contributed by atoms with Crippen LogP contribution in [-0.4, -0.2) is 37.6 Å². The summed E-state index contributed by atoms with van der Waals surface area (Å²) in [4.78, 5) is 25.6. The van der Waals surface area contributed by atoms with Crippen molar-refractivity contribution >= 4 is 17.5 Å². The number of aryl methyl sites for hydroxylation is 1. The van der Waals surface area contributed by atoms with Crippen molar-refractivity contribution in [3.05, 3.63) is 29.8 Å². The number of para-hydroxylation sites is 1. The molecule has 2 aliphatic heterocycles. The Morgan fingerprint density at radius 2 is 2.21 bits per heavy atom. The van der Waals surface area contributed by atoms with Crippen molar-refractivity contribution in [3.8, 4) is 0 Å². The largest absolute Gasteiger partial charge is 0.369 e. The molecule has 1 N–H and O–H groups in total. The van der Waals surface area contributed by atoms with Gasteiger partial charge >= 0.3 is 0 Å². The lowest BCUT2D eigenvalue weighted by Crippen LogP contribution is -2.55. The number of rotatable bonds is 1. The zero-order valence-corrected chi connectivity index (χ0v) is 10.6. The van der Waals surface area contributed by atoms with Gasteiger partial charge in [0, 0.05) is 12.2 Å². The molecule has 1 aromatic carbocycles. The van der Waals surface area contributed by atoms with Gasteiger partial charge in [0.1, 0.15) is 12.6 Å². The molecule has 1 atom stereocenters. The third kappa shape index (κ3) is 2.33. The number of morpholine rings is 1. The smallest absolute Gasteiger partial charge is 0.251 e. The number of ether oxygens (including phenoxy) is 1. The summed E-state index contributed by atoms with van der Waals surface area (Å²) in [5.74, 6) is -0.310. The van der Waals surface area contributed by atoms with Gasteiger partial charge in [-0.15, -0.1) is 0 Å². The summed E-state index contributed by atoms with van der Waals surface area (Å²) in [7, 11) is 0. The summed E-state index contributed by atoms with van der Waals surface area (Å²) in [6.45, 7) is 0.992. The van der Waals surface area contributed by atoms with Crippen molar-refractivity contribution in [1.82, 2.24) is 5.32 Å². The number of hydrogen-bond acceptors (Lipinski definition) is 3. The average molecular weight is 260 g/mol. The van der Waals surface area contributed by atoms with Crippen LogP contribution in [0.25, 0.3) is 0 Å². The van der Waals surface area contributed by atoms with E-state index in [1.54, 1.807) is 4.90 Å². The van der Waals surface area contributed by atoms with Gasteiger partial charge in [-0.2, -0.15) is 0 Å².